The Balaban J connectivity index is 1.94. The lowest BCUT2D eigenvalue weighted by atomic mass is 9.78. The fourth-order valence-electron chi connectivity index (χ4n) is 2.68. The molecule has 0 aromatic heterocycles. The molecule has 0 atom stereocenters. The number of rotatable bonds is 3. The van der Waals surface area contributed by atoms with Crippen LogP contribution >= 0.6 is 0 Å². The molecule has 0 saturated heterocycles. The number of hydrogen-bond acceptors (Lipinski definition) is 1. The molecule has 1 aliphatic rings. The van der Waals surface area contributed by atoms with Gasteiger partial charge in [0.05, 0.1) is 5.92 Å². The third-order valence-corrected chi connectivity index (χ3v) is 3.77. The Bertz CT molecular complexity index is 418. The van der Waals surface area contributed by atoms with Crippen LogP contribution in [0.25, 0.3) is 0 Å². The van der Waals surface area contributed by atoms with Crippen molar-refractivity contribution < 1.29 is 26.7 Å². The minimum Gasteiger partial charge on any atom is -0.435 e. The average molecular weight is 294 g/mol. The zero-order valence-electron chi connectivity index (χ0n) is 10.7. The summed E-state index contributed by atoms with van der Waals surface area (Å²) in [5, 5.41) is 0. The maximum Gasteiger partial charge on any atom is 0.391 e. The fraction of sp³-hybridized carbons (Fsp3) is 0.571. The van der Waals surface area contributed by atoms with E-state index in [0.717, 1.165) is 5.56 Å². The maximum absolute atomic E-state index is 12.6. The van der Waals surface area contributed by atoms with Crippen molar-refractivity contribution in [1.82, 2.24) is 0 Å². The molecule has 2 rings (SSSR count). The summed E-state index contributed by atoms with van der Waals surface area (Å²) in [4.78, 5) is 0. The van der Waals surface area contributed by atoms with Crippen molar-refractivity contribution in [2.75, 3.05) is 0 Å². The smallest absolute Gasteiger partial charge is 0.391 e. The second kappa shape index (κ2) is 5.97. The molecule has 1 aromatic rings. The van der Waals surface area contributed by atoms with Gasteiger partial charge in [-0.2, -0.15) is 22.0 Å². The van der Waals surface area contributed by atoms with E-state index in [-0.39, 0.29) is 24.5 Å². The number of hydrogen-bond donors (Lipinski definition) is 0. The van der Waals surface area contributed by atoms with E-state index in [0.29, 0.717) is 12.8 Å². The van der Waals surface area contributed by atoms with Crippen LogP contribution in [0, 0.1) is 5.92 Å². The lowest BCUT2D eigenvalue weighted by Gasteiger charge is -2.30. The Morgan fingerprint density at radius 3 is 1.95 bits per heavy atom. The topological polar surface area (TPSA) is 9.23 Å². The third kappa shape index (κ3) is 3.84. The molecule has 0 radical (unpaired) electrons. The van der Waals surface area contributed by atoms with Crippen molar-refractivity contribution in [2.45, 2.75) is 44.4 Å². The second-order valence-corrected chi connectivity index (χ2v) is 5.04. The molecule has 1 fully saturated rings. The minimum absolute atomic E-state index is 0.0627. The van der Waals surface area contributed by atoms with Gasteiger partial charge in [0, 0.05) is 0 Å². The van der Waals surface area contributed by atoms with E-state index in [2.05, 4.69) is 4.74 Å². The molecule has 0 aliphatic heterocycles. The molecular formula is C14H15F5O. The zero-order valence-corrected chi connectivity index (χ0v) is 10.7. The molecule has 0 bridgehead atoms. The van der Waals surface area contributed by atoms with E-state index in [1.54, 1.807) is 12.1 Å². The van der Waals surface area contributed by atoms with Gasteiger partial charge in [-0.25, -0.2) is 0 Å². The largest absolute Gasteiger partial charge is 0.435 e. The van der Waals surface area contributed by atoms with Crippen molar-refractivity contribution in [3.8, 4) is 5.75 Å². The van der Waals surface area contributed by atoms with E-state index < -0.39 is 18.7 Å². The lowest BCUT2D eigenvalue weighted by molar-refractivity contribution is -0.182. The van der Waals surface area contributed by atoms with Gasteiger partial charge in [-0.05, 0) is 49.3 Å². The van der Waals surface area contributed by atoms with Gasteiger partial charge < -0.3 is 4.74 Å². The van der Waals surface area contributed by atoms with E-state index in [4.69, 9.17) is 0 Å². The van der Waals surface area contributed by atoms with E-state index in [9.17, 15) is 22.0 Å². The van der Waals surface area contributed by atoms with Gasteiger partial charge >= 0.3 is 12.8 Å². The van der Waals surface area contributed by atoms with Gasteiger partial charge in [0.25, 0.3) is 0 Å². The maximum atomic E-state index is 12.6. The van der Waals surface area contributed by atoms with E-state index in [1.165, 1.54) is 12.1 Å². The van der Waals surface area contributed by atoms with Crippen LogP contribution in [0.3, 0.4) is 0 Å². The van der Waals surface area contributed by atoms with Crippen molar-refractivity contribution in [3.63, 3.8) is 0 Å². The van der Waals surface area contributed by atoms with Crippen molar-refractivity contribution in [3.05, 3.63) is 29.8 Å². The summed E-state index contributed by atoms with van der Waals surface area (Å²) >= 11 is 0. The summed E-state index contributed by atoms with van der Waals surface area (Å²) in [5.74, 6) is -1.08. The summed E-state index contributed by atoms with van der Waals surface area (Å²) < 4.78 is 65.9. The Hall–Kier alpha value is -1.33. The first-order valence-electron chi connectivity index (χ1n) is 6.47. The molecule has 1 nitrogen and oxygen atoms in total. The Morgan fingerprint density at radius 2 is 1.50 bits per heavy atom. The highest BCUT2D eigenvalue weighted by Gasteiger charge is 2.41. The minimum atomic E-state index is -4.11. The summed E-state index contributed by atoms with van der Waals surface area (Å²) in [7, 11) is 0. The summed E-state index contributed by atoms with van der Waals surface area (Å²) in [6, 6.07) is 6.15. The van der Waals surface area contributed by atoms with Crippen LogP contribution < -0.4 is 4.74 Å². The molecule has 0 spiro atoms. The van der Waals surface area contributed by atoms with E-state index >= 15 is 0 Å². The van der Waals surface area contributed by atoms with Crippen LogP contribution in [-0.4, -0.2) is 12.8 Å². The van der Waals surface area contributed by atoms with Crippen LogP contribution in [-0.2, 0) is 0 Å². The molecule has 0 amide bonds. The zero-order chi connectivity index (χ0) is 14.8. The van der Waals surface area contributed by atoms with Crippen LogP contribution in [0.4, 0.5) is 22.0 Å². The molecule has 0 heterocycles. The molecule has 20 heavy (non-hydrogen) atoms. The lowest BCUT2D eigenvalue weighted by Crippen LogP contribution is -2.27. The summed E-state index contributed by atoms with van der Waals surface area (Å²) in [6.07, 6.45) is -2.91. The molecule has 6 heteroatoms. The van der Waals surface area contributed by atoms with Gasteiger partial charge in [0.2, 0.25) is 0 Å². The highest BCUT2D eigenvalue weighted by Crippen LogP contribution is 2.43. The predicted molar refractivity (Wildman–Crippen MR) is 63.8 cm³/mol. The molecule has 0 N–H and O–H groups in total. The first kappa shape index (κ1) is 15.1. The fourth-order valence-corrected chi connectivity index (χ4v) is 2.68. The van der Waals surface area contributed by atoms with Crippen molar-refractivity contribution in [2.24, 2.45) is 5.92 Å². The number of alkyl halides is 5. The van der Waals surface area contributed by atoms with Crippen molar-refractivity contribution >= 4 is 0 Å². The van der Waals surface area contributed by atoms with Gasteiger partial charge in [-0.3, -0.25) is 0 Å². The average Bonchev–Trinajstić information content (AvgIpc) is 2.38. The number of ether oxygens (including phenoxy) is 1. The van der Waals surface area contributed by atoms with Crippen LogP contribution in [0.15, 0.2) is 24.3 Å². The predicted octanol–water partition coefficient (Wildman–Crippen LogP) is 5.12. The van der Waals surface area contributed by atoms with Crippen molar-refractivity contribution in [1.29, 1.82) is 0 Å². The molecule has 0 unspecified atom stereocenters. The molecule has 1 aliphatic carbocycles. The molecule has 1 aromatic carbocycles. The van der Waals surface area contributed by atoms with Crippen LogP contribution in [0.5, 0.6) is 5.75 Å². The number of benzene rings is 1. The second-order valence-electron chi connectivity index (χ2n) is 5.04. The van der Waals surface area contributed by atoms with E-state index in [1.807, 2.05) is 0 Å². The highest BCUT2D eigenvalue weighted by atomic mass is 19.4. The number of halogens is 5. The third-order valence-electron chi connectivity index (χ3n) is 3.77. The Labute approximate surface area is 113 Å². The van der Waals surface area contributed by atoms with Gasteiger partial charge in [-0.1, -0.05) is 12.1 Å². The Morgan fingerprint density at radius 1 is 0.950 bits per heavy atom. The quantitative estimate of drug-likeness (QED) is 0.703. The van der Waals surface area contributed by atoms with Crippen LogP contribution in [0.2, 0.25) is 0 Å². The first-order valence-corrected chi connectivity index (χ1v) is 6.47. The van der Waals surface area contributed by atoms with Gasteiger partial charge in [-0.15, -0.1) is 0 Å². The highest BCUT2D eigenvalue weighted by molar-refractivity contribution is 5.29. The standard InChI is InChI=1S/C14H15F5O/c15-13(16)20-12-7-3-10(4-8-12)9-1-5-11(6-2-9)14(17,18)19/h3-4,7-9,11,13H,1-2,5-6H2/t9-,11+. The SMILES string of the molecule is FC(F)Oc1ccc([C@H]2CC[C@@H](C(F)(F)F)CC2)cc1. The normalized spacial score (nSPS) is 23.9. The van der Waals surface area contributed by atoms with Crippen LogP contribution in [0.1, 0.15) is 37.2 Å². The molecule has 1 saturated carbocycles. The monoisotopic (exact) mass is 294 g/mol. The summed E-state index contributed by atoms with van der Waals surface area (Å²) in [6.45, 7) is -2.87. The van der Waals surface area contributed by atoms with Gasteiger partial charge in [0.15, 0.2) is 0 Å². The molecule has 112 valence electrons. The Kier molecular flexibility index (Phi) is 4.50. The molecular weight excluding hydrogens is 279 g/mol. The van der Waals surface area contributed by atoms with Gasteiger partial charge in [0.1, 0.15) is 5.75 Å². The summed E-state index contributed by atoms with van der Waals surface area (Å²) in [5.41, 5.74) is 0.882. The first-order chi connectivity index (χ1) is 9.36.